The second-order valence-corrected chi connectivity index (χ2v) is 11.0. The summed E-state index contributed by atoms with van der Waals surface area (Å²) in [5.74, 6) is -0.00713. The molecule has 1 heterocycles. The highest BCUT2D eigenvalue weighted by Gasteiger charge is 2.19. The summed E-state index contributed by atoms with van der Waals surface area (Å²) < 4.78 is 12.6. The van der Waals surface area contributed by atoms with Gasteiger partial charge in [0.2, 0.25) is 0 Å². The predicted octanol–water partition coefficient (Wildman–Crippen LogP) is 7.50. The number of nitrogens with one attached hydrogen (secondary N) is 1. The summed E-state index contributed by atoms with van der Waals surface area (Å²) >= 11 is 6.57. The molecule has 41 heavy (non-hydrogen) atoms. The van der Waals surface area contributed by atoms with Crippen molar-refractivity contribution in [3.8, 4) is 5.75 Å². The largest absolute Gasteiger partial charge is 0.479 e. The standard InChI is InChI=1S/C34H39ClN2O4/c1-7-8-9-24-10-12-25(13-11-24)21(2)36-33(38)26-14-16-29-30(22(3)37(5)32(29)20-26)19-27-18-28(15-17-31(27)35)41-23(4)34(39)40-6/h10-18,20-21,23H,7-9,19H2,1-6H3,(H,36,38)/t21-,23+/m0/s1. The summed E-state index contributed by atoms with van der Waals surface area (Å²) in [5, 5.41) is 4.82. The lowest BCUT2D eigenvalue weighted by atomic mass is 10.0. The highest BCUT2D eigenvalue weighted by Crippen LogP contribution is 2.32. The van der Waals surface area contributed by atoms with Crippen molar-refractivity contribution in [3.05, 3.63) is 99.2 Å². The number of halogens is 1. The maximum Gasteiger partial charge on any atom is 0.346 e. The summed E-state index contributed by atoms with van der Waals surface area (Å²) in [7, 11) is 3.34. The van der Waals surface area contributed by atoms with Crippen LogP contribution >= 0.6 is 11.6 Å². The molecule has 216 valence electrons. The monoisotopic (exact) mass is 574 g/mol. The van der Waals surface area contributed by atoms with Crippen LogP contribution < -0.4 is 10.1 Å². The van der Waals surface area contributed by atoms with Crippen LogP contribution in [-0.2, 0) is 29.4 Å². The van der Waals surface area contributed by atoms with Crippen LogP contribution in [0.15, 0.2) is 60.7 Å². The van der Waals surface area contributed by atoms with Crippen LogP contribution in [-0.4, -0.2) is 29.7 Å². The molecule has 1 aromatic heterocycles. The van der Waals surface area contributed by atoms with Crippen molar-refractivity contribution < 1.29 is 19.1 Å². The van der Waals surface area contributed by atoms with Gasteiger partial charge in [0, 0.05) is 40.7 Å². The van der Waals surface area contributed by atoms with E-state index in [9.17, 15) is 9.59 Å². The summed E-state index contributed by atoms with van der Waals surface area (Å²) in [6, 6.07) is 19.6. The van der Waals surface area contributed by atoms with Crippen molar-refractivity contribution in [2.75, 3.05) is 7.11 Å². The normalized spacial score (nSPS) is 12.7. The average molecular weight is 575 g/mol. The molecule has 0 radical (unpaired) electrons. The second kappa shape index (κ2) is 13.3. The van der Waals surface area contributed by atoms with E-state index < -0.39 is 12.1 Å². The first kappa shape index (κ1) is 30.2. The van der Waals surface area contributed by atoms with Gasteiger partial charge in [-0.25, -0.2) is 4.79 Å². The first-order chi connectivity index (χ1) is 19.6. The number of hydrogen-bond donors (Lipinski definition) is 1. The molecule has 0 aliphatic heterocycles. The zero-order valence-electron chi connectivity index (χ0n) is 24.7. The molecule has 0 unspecified atom stereocenters. The molecule has 3 aromatic carbocycles. The topological polar surface area (TPSA) is 69.6 Å². The third-order valence-corrected chi connectivity index (χ3v) is 8.13. The molecule has 2 atom stereocenters. The molecule has 1 amide bonds. The molecule has 0 aliphatic carbocycles. The van der Waals surface area contributed by atoms with Crippen LogP contribution in [0, 0.1) is 6.92 Å². The molecule has 4 rings (SSSR count). The number of esters is 1. The number of amides is 1. The Labute approximate surface area is 247 Å². The molecule has 0 fully saturated rings. The van der Waals surface area contributed by atoms with Crippen LogP contribution in [0.4, 0.5) is 0 Å². The predicted molar refractivity (Wildman–Crippen MR) is 165 cm³/mol. The van der Waals surface area contributed by atoms with E-state index in [4.69, 9.17) is 21.1 Å². The lowest BCUT2D eigenvalue weighted by molar-refractivity contribution is -0.147. The molecule has 0 bridgehead atoms. The quantitative estimate of drug-likeness (QED) is 0.188. The maximum atomic E-state index is 13.2. The van der Waals surface area contributed by atoms with Crippen molar-refractivity contribution >= 4 is 34.4 Å². The van der Waals surface area contributed by atoms with Crippen molar-refractivity contribution in [2.24, 2.45) is 7.05 Å². The van der Waals surface area contributed by atoms with E-state index in [1.165, 1.54) is 25.5 Å². The fourth-order valence-electron chi connectivity index (χ4n) is 5.09. The Bertz CT molecular complexity index is 1540. The third kappa shape index (κ3) is 6.94. The van der Waals surface area contributed by atoms with E-state index in [1.54, 1.807) is 19.1 Å². The number of unbranched alkanes of at least 4 members (excludes halogenated alkanes) is 1. The molecule has 0 saturated heterocycles. The van der Waals surface area contributed by atoms with Gasteiger partial charge in [0.25, 0.3) is 5.91 Å². The maximum absolute atomic E-state index is 13.2. The van der Waals surface area contributed by atoms with E-state index >= 15 is 0 Å². The number of fused-ring (bicyclic) bond motifs is 1. The number of aryl methyl sites for hydroxylation is 2. The van der Waals surface area contributed by atoms with Gasteiger partial charge >= 0.3 is 5.97 Å². The minimum Gasteiger partial charge on any atom is -0.479 e. The molecule has 4 aromatic rings. The summed E-state index contributed by atoms with van der Waals surface area (Å²) in [6.45, 7) is 7.92. The first-order valence-electron chi connectivity index (χ1n) is 14.1. The smallest absolute Gasteiger partial charge is 0.346 e. The Morgan fingerprint density at radius 3 is 2.44 bits per heavy atom. The zero-order valence-corrected chi connectivity index (χ0v) is 25.5. The molecule has 1 N–H and O–H groups in total. The number of carbonyl (C=O) groups is 2. The molecular weight excluding hydrogens is 536 g/mol. The highest BCUT2D eigenvalue weighted by atomic mass is 35.5. The summed E-state index contributed by atoms with van der Waals surface area (Å²) in [6.07, 6.45) is 3.27. The number of methoxy groups -OCH3 is 1. The molecule has 6 nitrogen and oxygen atoms in total. The Morgan fingerprint density at radius 2 is 1.76 bits per heavy atom. The minimum absolute atomic E-state index is 0.109. The molecule has 7 heteroatoms. The van der Waals surface area contributed by atoms with E-state index in [0.717, 1.165) is 39.7 Å². The summed E-state index contributed by atoms with van der Waals surface area (Å²) in [5.41, 5.74) is 7.08. The lowest BCUT2D eigenvalue weighted by Crippen LogP contribution is -2.26. The molecule has 0 spiro atoms. The average Bonchev–Trinajstić information content (AvgIpc) is 3.21. The second-order valence-electron chi connectivity index (χ2n) is 10.6. The van der Waals surface area contributed by atoms with Crippen molar-refractivity contribution in [1.82, 2.24) is 9.88 Å². The SMILES string of the molecule is CCCCc1ccc([C@H](C)NC(=O)c2ccc3c(Cc4cc(O[C@H](C)C(=O)OC)ccc4Cl)c(C)n(C)c3c2)cc1. The Kier molecular flexibility index (Phi) is 9.77. The number of hydrogen-bond acceptors (Lipinski definition) is 4. The van der Waals surface area contributed by atoms with Crippen LogP contribution in [0.5, 0.6) is 5.75 Å². The van der Waals surface area contributed by atoms with Crippen LogP contribution in [0.2, 0.25) is 5.02 Å². The van der Waals surface area contributed by atoms with Gasteiger partial charge in [-0.05, 0) is 86.2 Å². The molecular formula is C34H39ClN2O4. The Balaban J connectivity index is 1.53. The molecule has 0 saturated carbocycles. The minimum atomic E-state index is -0.731. The van der Waals surface area contributed by atoms with Crippen LogP contribution in [0.3, 0.4) is 0 Å². The van der Waals surface area contributed by atoms with Crippen molar-refractivity contribution in [2.45, 2.75) is 65.5 Å². The lowest BCUT2D eigenvalue weighted by Gasteiger charge is -2.15. The third-order valence-electron chi connectivity index (χ3n) is 7.76. The van der Waals surface area contributed by atoms with Gasteiger partial charge in [-0.3, -0.25) is 4.79 Å². The number of rotatable bonds is 11. The zero-order chi connectivity index (χ0) is 29.7. The van der Waals surface area contributed by atoms with Crippen LogP contribution in [0.1, 0.15) is 78.0 Å². The van der Waals surface area contributed by atoms with Gasteiger partial charge in [-0.1, -0.05) is 55.3 Å². The Morgan fingerprint density at radius 1 is 1.02 bits per heavy atom. The van der Waals surface area contributed by atoms with Gasteiger partial charge in [0.15, 0.2) is 6.10 Å². The number of benzene rings is 3. The first-order valence-corrected chi connectivity index (χ1v) is 14.5. The number of ether oxygens (including phenoxy) is 2. The van der Waals surface area contributed by atoms with Gasteiger partial charge < -0.3 is 19.4 Å². The summed E-state index contributed by atoms with van der Waals surface area (Å²) in [4.78, 5) is 25.0. The number of carbonyl (C=O) groups excluding carboxylic acids is 2. The van der Waals surface area contributed by atoms with E-state index in [0.29, 0.717) is 22.8 Å². The van der Waals surface area contributed by atoms with E-state index in [2.05, 4.69) is 48.0 Å². The fourth-order valence-corrected chi connectivity index (χ4v) is 5.28. The van der Waals surface area contributed by atoms with E-state index in [-0.39, 0.29) is 11.9 Å². The van der Waals surface area contributed by atoms with Gasteiger partial charge in [0.05, 0.1) is 13.2 Å². The van der Waals surface area contributed by atoms with Crippen molar-refractivity contribution in [1.29, 1.82) is 0 Å². The van der Waals surface area contributed by atoms with E-state index in [1.807, 2.05) is 38.2 Å². The number of nitrogens with zero attached hydrogens (tertiary/aromatic N) is 1. The fraction of sp³-hybridized carbons (Fsp3) is 0.353. The highest BCUT2D eigenvalue weighted by molar-refractivity contribution is 6.31. The number of aromatic nitrogens is 1. The molecule has 0 aliphatic rings. The van der Waals surface area contributed by atoms with Crippen molar-refractivity contribution in [3.63, 3.8) is 0 Å². The van der Waals surface area contributed by atoms with Crippen LogP contribution in [0.25, 0.3) is 10.9 Å². The van der Waals surface area contributed by atoms with Gasteiger partial charge in [0.1, 0.15) is 5.75 Å². The Hall–Kier alpha value is -3.77. The van der Waals surface area contributed by atoms with Gasteiger partial charge in [-0.2, -0.15) is 0 Å². The van der Waals surface area contributed by atoms with Gasteiger partial charge in [-0.15, -0.1) is 0 Å².